The van der Waals surface area contributed by atoms with Gasteiger partial charge in [-0.15, -0.1) is 0 Å². The SMILES string of the molecule is Cc1cc(N2C(=O)CCS2(=O)=O)cc(C)c1S(=O)(=O)Nc1cccc(Br)c1. The average molecular weight is 473 g/mol. The van der Waals surface area contributed by atoms with Crippen molar-refractivity contribution in [3.8, 4) is 0 Å². The highest BCUT2D eigenvalue weighted by Gasteiger charge is 2.37. The Morgan fingerprint density at radius 3 is 2.26 bits per heavy atom. The van der Waals surface area contributed by atoms with Crippen LogP contribution in [0, 0.1) is 13.8 Å². The Bertz CT molecular complexity index is 1120. The highest BCUT2D eigenvalue weighted by atomic mass is 79.9. The third-order valence-corrected chi connectivity index (χ3v) is 7.97. The van der Waals surface area contributed by atoms with E-state index in [-0.39, 0.29) is 22.8 Å². The fraction of sp³-hybridized carbons (Fsp3) is 0.235. The predicted octanol–water partition coefficient (Wildman–Crippen LogP) is 2.93. The summed E-state index contributed by atoms with van der Waals surface area (Å²) in [5.41, 5.74) is 1.25. The highest BCUT2D eigenvalue weighted by Crippen LogP contribution is 2.32. The number of nitrogens with zero attached hydrogens (tertiary/aromatic N) is 1. The lowest BCUT2D eigenvalue weighted by atomic mass is 10.1. The Balaban J connectivity index is 2.04. The van der Waals surface area contributed by atoms with Crippen molar-refractivity contribution in [2.75, 3.05) is 14.8 Å². The number of hydrogen-bond donors (Lipinski definition) is 1. The minimum atomic E-state index is -3.90. The standard InChI is InChI=1S/C17H17BrN2O5S2/c1-11-8-15(20-16(21)6-7-26(20,22)23)9-12(2)17(11)27(24,25)19-14-5-3-4-13(18)10-14/h3-5,8-10,19H,6-7H2,1-2H3. The Morgan fingerprint density at radius 2 is 1.74 bits per heavy atom. The number of nitrogens with one attached hydrogen (secondary N) is 1. The molecule has 0 aromatic heterocycles. The minimum Gasteiger partial charge on any atom is -0.280 e. The van der Waals surface area contributed by atoms with Gasteiger partial charge in [0.15, 0.2) is 0 Å². The zero-order chi connectivity index (χ0) is 20.0. The summed E-state index contributed by atoms with van der Waals surface area (Å²) in [4.78, 5) is 12.0. The van der Waals surface area contributed by atoms with Crippen LogP contribution in [0.4, 0.5) is 11.4 Å². The fourth-order valence-corrected chi connectivity index (χ4v) is 6.44. The van der Waals surface area contributed by atoms with Crippen LogP contribution in [-0.4, -0.2) is 28.5 Å². The summed E-state index contributed by atoms with van der Waals surface area (Å²) >= 11 is 3.29. The molecule has 1 saturated heterocycles. The number of aryl methyl sites for hydroxylation is 2. The molecule has 0 unspecified atom stereocenters. The Hall–Kier alpha value is -1.91. The van der Waals surface area contributed by atoms with E-state index >= 15 is 0 Å². The molecule has 3 rings (SSSR count). The summed E-state index contributed by atoms with van der Waals surface area (Å²) in [5, 5.41) is 0. The van der Waals surface area contributed by atoms with E-state index in [2.05, 4.69) is 20.7 Å². The van der Waals surface area contributed by atoms with Gasteiger partial charge in [0.05, 0.1) is 16.3 Å². The third kappa shape index (κ3) is 3.87. The number of carbonyl (C=O) groups excluding carboxylic acids is 1. The predicted molar refractivity (Wildman–Crippen MR) is 107 cm³/mol. The van der Waals surface area contributed by atoms with Crippen LogP contribution >= 0.6 is 15.9 Å². The van der Waals surface area contributed by atoms with Crippen molar-refractivity contribution in [1.29, 1.82) is 0 Å². The molecule has 2 aromatic rings. The molecule has 1 heterocycles. The fourth-order valence-electron chi connectivity index (χ4n) is 3.10. The first-order chi connectivity index (χ1) is 12.5. The number of amides is 1. The lowest BCUT2D eigenvalue weighted by Gasteiger charge is -2.19. The van der Waals surface area contributed by atoms with Gasteiger partial charge in [-0.2, -0.15) is 0 Å². The van der Waals surface area contributed by atoms with Crippen molar-refractivity contribution in [2.45, 2.75) is 25.2 Å². The van der Waals surface area contributed by atoms with E-state index in [1.165, 1.54) is 12.1 Å². The number of anilines is 2. The van der Waals surface area contributed by atoms with Gasteiger partial charge < -0.3 is 0 Å². The molecule has 7 nitrogen and oxygen atoms in total. The molecule has 0 spiro atoms. The normalized spacial score (nSPS) is 16.6. The van der Waals surface area contributed by atoms with Crippen molar-refractivity contribution < 1.29 is 21.6 Å². The van der Waals surface area contributed by atoms with Gasteiger partial charge in [-0.25, -0.2) is 21.1 Å². The second-order valence-corrected chi connectivity index (χ2v) is 10.7. The number of carbonyl (C=O) groups is 1. The zero-order valence-electron chi connectivity index (χ0n) is 14.6. The molecule has 2 aromatic carbocycles. The molecule has 1 N–H and O–H groups in total. The van der Waals surface area contributed by atoms with E-state index in [1.807, 2.05) is 0 Å². The van der Waals surface area contributed by atoms with Gasteiger partial charge in [-0.1, -0.05) is 22.0 Å². The van der Waals surface area contributed by atoms with E-state index in [0.29, 0.717) is 16.8 Å². The van der Waals surface area contributed by atoms with E-state index in [4.69, 9.17) is 0 Å². The zero-order valence-corrected chi connectivity index (χ0v) is 17.8. The van der Waals surface area contributed by atoms with Crippen LogP contribution < -0.4 is 9.03 Å². The molecule has 27 heavy (non-hydrogen) atoms. The van der Waals surface area contributed by atoms with Crippen LogP contribution in [0.2, 0.25) is 0 Å². The third-order valence-electron chi connectivity index (χ3n) is 4.10. The highest BCUT2D eigenvalue weighted by molar-refractivity contribution is 9.10. The monoisotopic (exact) mass is 472 g/mol. The second-order valence-electron chi connectivity index (χ2n) is 6.25. The molecule has 144 valence electrons. The molecule has 0 saturated carbocycles. The van der Waals surface area contributed by atoms with Crippen LogP contribution in [0.3, 0.4) is 0 Å². The van der Waals surface area contributed by atoms with Crippen molar-refractivity contribution >= 4 is 53.3 Å². The van der Waals surface area contributed by atoms with Gasteiger partial charge in [0, 0.05) is 16.6 Å². The van der Waals surface area contributed by atoms with E-state index in [9.17, 15) is 21.6 Å². The van der Waals surface area contributed by atoms with Gasteiger partial charge in [-0.05, 0) is 55.3 Å². The largest absolute Gasteiger partial charge is 0.280 e. The van der Waals surface area contributed by atoms with E-state index < -0.39 is 26.0 Å². The Labute approximate surface area is 166 Å². The minimum absolute atomic E-state index is 0.0512. The van der Waals surface area contributed by atoms with E-state index in [1.54, 1.807) is 38.1 Å². The van der Waals surface area contributed by atoms with Crippen LogP contribution in [0.1, 0.15) is 17.5 Å². The van der Waals surface area contributed by atoms with Gasteiger partial charge in [-0.3, -0.25) is 9.52 Å². The smallest absolute Gasteiger partial charge is 0.262 e. The van der Waals surface area contributed by atoms with Crippen molar-refractivity contribution in [1.82, 2.24) is 0 Å². The first kappa shape index (κ1) is 19.8. The molecular weight excluding hydrogens is 456 g/mol. The van der Waals surface area contributed by atoms with Crippen molar-refractivity contribution in [2.24, 2.45) is 0 Å². The van der Waals surface area contributed by atoms with Gasteiger partial charge in [0.1, 0.15) is 0 Å². The molecule has 1 aliphatic rings. The molecule has 1 aliphatic heterocycles. The number of halogens is 1. The topological polar surface area (TPSA) is 101 Å². The van der Waals surface area contributed by atoms with Crippen LogP contribution in [0.15, 0.2) is 45.8 Å². The lowest BCUT2D eigenvalue weighted by Crippen LogP contribution is -2.29. The molecule has 0 aliphatic carbocycles. The van der Waals surface area contributed by atoms with Crippen LogP contribution in [0.5, 0.6) is 0 Å². The summed E-state index contributed by atoms with van der Waals surface area (Å²) in [6, 6.07) is 9.54. The maximum absolute atomic E-state index is 12.9. The summed E-state index contributed by atoms with van der Waals surface area (Å²) in [6.45, 7) is 3.14. The molecule has 0 atom stereocenters. The lowest BCUT2D eigenvalue weighted by molar-refractivity contribution is -0.116. The Kier molecular flexibility index (Phi) is 5.08. The maximum Gasteiger partial charge on any atom is 0.262 e. The van der Waals surface area contributed by atoms with Gasteiger partial charge in [0.25, 0.3) is 10.0 Å². The molecule has 0 radical (unpaired) electrons. The van der Waals surface area contributed by atoms with Gasteiger partial charge >= 0.3 is 0 Å². The number of rotatable bonds is 4. The molecule has 1 fully saturated rings. The first-order valence-electron chi connectivity index (χ1n) is 7.97. The quantitative estimate of drug-likeness (QED) is 0.736. The second kappa shape index (κ2) is 6.92. The molecule has 0 bridgehead atoms. The number of benzene rings is 2. The number of hydrogen-bond acceptors (Lipinski definition) is 5. The van der Waals surface area contributed by atoms with Crippen molar-refractivity contribution in [3.05, 3.63) is 52.0 Å². The molecular formula is C17H17BrN2O5S2. The summed E-state index contributed by atoms with van der Waals surface area (Å²) in [6.07, 6.45) is -0.0785. The number of sulfonamides is 2. The summed E-state index contributed by atoms with van der Waals surface area (Å²) < 4.78 is 53.9. The van der Waals surface area contributed by atoms with Crippen LogP contribution in [0.25, 0.3) is 0 Å². The average Bonchev–Trinajstić information content (AvgIpc) is 2.78. The maximum atomic E-state index is 12.9. The van der Waals surface area contributed by atoms with Crippen molar-refractivity contribution in [3.63, 3.8) is 0 Å². The molecule has 10 heteroatoms. The Morgan fingerprint density at radius 1 is 1.11 bits per heavy atom. The summed E-state index contributed by atoms with van der Waals surface area (Å²) in [7, 11) is -7.61. The summed E-state index contributed by atoms with van der Waals surface area (Å²) in [5.74, 6) is -0.759. The van der Waals surface area contributed by atoms with Gasteiger partial charge in [0.2, 0.25) is 15.9 Å². The molecule has 1 amide bonds. The van der Waals surface area contributed by atoms with Crippen LogP contribution in [-0.2, 0) is 24.8 Å². The first-order valence-corrected chi connectivity index (χ1v) is 11.9. The van der Waals surface area contributed by atoms with E-state index in [0.717, 1.165) is 8.78 Å².